The van der Waals surface area contributed by atoms with Crippen molar-refractivity contribution in [2.75, 3.05) is 11.9 Å². The number of hydrogen-bond acceptors (Lipinski definition) is 4. The predicted octanol–water partition coefficient (Wildman–Crippen LogP) is 4.93. The van der Waals surface area contributed by atoms with Gasteiger partial charge in [-0.3, -0.25) is 4.79 Å². The number of nitrogens with zero attached hydrogens (tertiary/aromatic N) is 2. The van der Waals surface area contributed by atoms with Crippen molar-refractivity contribution in [3.05, 3.63) is 76.1 Å². The predicted molar refractivity (Wildman–Crippen MR) is 114 cm³/mol. The number of hydrogen-bond donors (Lipinski definition) is 1. The lowest BCUT2D eigenvalue weighted by Crippen LogP contribution is -2.23. The minimum atomic E-state index is -0.187. The van der Waals surface area contributed by atoms with E-state index in [9.17, 15) is 4.79 Å². The monoisotopic (exact) mass is 375 g/mol. The maximum atomic E-state index is 12.0. The molecule has 1 aliphatic rings. The van der Waals surface area contributed by atoms with Crippen molar-refractivity contribution >= 4 is 39.9 Å². The molecule has 5 heteroatoms. The Morgan fingerprint density at radius 2 is 1.96 bits per heavy atom. The Morgan fingerprint density at radius 1 is 1.15 bits per heavy atom. The lowest BCUT2D eigenvalue weighted by Gasteiger charge is -2.24. The first kappa shape index (κ1) is 17.5. The number of benzene rings is 2. The summed E-state index contributed by atoms with van der Waals surface area (Å²) in [5.74, 6) is -0.187. The maximum absolute atomic E-state index is 12.0. The second-order valence-corrected chi connectivity index (χ2v) is 8.06. The third kappa shape index (κ3) is 2.94. The molecule has 0 bridgehead atoms. The van der Waals surface area contributed by atoms with E-state index in [0.717, 1.165) is 5.70 Å². The van der Waals surface area contributed by atoms with Crippen LogP contribution in [0.1, 0.15) is 29.1 Å². The van der Waals surface area contributed by atoms with Crippen LogP contribution in [0.4, 0.5) is 5.69 Å². The zero-order valence-electron chi connectivity index (χ0n) is 15.6. The van der Waals surface area contributed by atoms with Crippen molar-refractivity contribution in [1.29, 1.82) is 0 Å². The number of carbonyl (C=O) groups is 1. The van der Waals surface area contributed by atoms with Crippen LogP contribution in [0.2, 0.25) is 0 Å². The van der Waals surface area contributed by atoms with Crippen LogP contribution < -0.4 is 10.3 Å². The Bertz CT molecular complexity index is 1060. The molecule has 2 heterocycles. The molecular weight excluding hydrogens is 354 g/mol. The largest absolute Gasteiger partial charge is 0.347 e. The van der Waals surface area contributed by atoms with Gasteiger partial charge < -0.3 is 4.90 Å². The van der Waals surface area contributed by atoms with Gasteiger partial charge in [-0.15, -0.1) is 11.3 Å². The van der Waals surface area contributed by atoms with Gasteiger partial charge in [0.25, 0.3) is 5.91 Å². The molecule has 1 amide bonds. The minimum Gasteiger partial charge on any atom is -0.347 e. The molecular formula is C22H21N3OS. The van der Waals surface area contributed by atoms with E-state index in [-0.39, 0.29) is 11.3 Å². The van der Waals surface area contributed by atoms with Crippen molar-refractivity contribution in [3.63, 3.8) is 0 Å². The first-order valence-electron chi connectivity index (χ1n) is 8.84. The van der Waals surface area contributed by atoms with Gasteiger partial charge in [0.05, 0.1) is 4.88 Å². The zero-order chi connectivity index (χ0) is 19.0. The number of fused-ring (bicyclic) bond motifs is 3. The van der Waals surface area contributed by atoms with Crippen LogP contribution in [0.25, 0.3) is 10.8 Å². The molecule has 0 saturated heterocycles. The average molecular weight is 375 g/mol. The van der Waals surface area contributed by atoms with Gasteiger partial charge in [-0.1, -0.05) is 50.2 Å². The summed E-state index contributed by atoms with van der Waals surface area (Å²) in [6, 6.07) is 16.5. The molecule has 27 heavy (non-hydrogen) atoms. The summed E-state index contributed by atoms with van der Waals surface area (Å²) in [5, 5.41) is 8.49. The van der Waals surface area contributed by atoms with E-state index in [1.165, 1.54) is 33.4 Å². The number of likely N-dealkylation sites (N-methyl/N-ethyl adjacent to an activating group) is 1. The summed E-state index contributed by atoms with van der Waals surface area (Å²) >= 11 is 1.40. The van der Waals surface area contributed by atoms with E-state index in [2.05, 4.69) is 72.7 Å². The molecule has 0 spiro atoms. The number of amides is 1. The van der Waals surface area contributed by atoms with E-state index in [1.807, 2.05) is 17.5 Å². The second kappa shape index (κ2) is 6.67. The Labute approximate surface area is 162 Å². The molecule has 0 unspecified atom stereocenters. The summed E-state index contributed by atoms with van der Waals surface area (Å²) in [7, 11) is 2.08. The summed E-state index contributed by atoms with van der Waals surface area (Å²) in [6.45, 7) is 4.46. The van der Waals surface area contributed by atoms with Gasteiger partial charge in [-0.25, -0.2) is 5.43 Å². The number of nitrogens with one attached hydrogen (secondary N) is 1. The summed E-state index contributed by atoms with van der Waals surface area (Å²) < 4.78 is 0. The number of rotatable bonds is 3. The standard InChI is InChI=1S/C22H21N3OS/c1-22(2)19(12-13-23-24-21(26)18-9-6-14-27-18)25(3)17-11-10-15-7-4-5-8-16(15)20(17)22/h4-14H,1-3H3,(H,24,26)/b19-12-,23-13+. The minimum absolute atomic E-state index is 0.158. The molecule has 136 valence electrons. The number of allylic oxidation sites excluding steroid dienone is 2. The molecule has 0 atom stereocenters. The third-order valence-electron chi connectivity index (χ3n) is 5.11. The molecule has 0 aliphatic carbocycles. The van der Waals surface area contributed by atoms with E-state index in [0.29, 0.717) is 4.88 Å². The van der Waals surface area contributed by atoms with Gasteiger partial charge in [-0.2, -0.15) is 5.10 Å². The highest BCUT2D eigenvalue weighted by molar-refractivity contribution is 7.12. The van der Waals surface area contributed by atoms with Gasteiger partial charge >= 0.3 is 0 Å². The van der Waals surface area contributed by atoms with Crippen LogP contribution >= 0.6 is 11.3 Å². The zero-order valence-corrected chi connectivity index (χ0v) is 16.4. The van der Waals surface area contributed by atoms with E-state index in [4.69, 9.17) is 0 Å². The van der Waals surface area contributed by atoms with Gasteiger partial charge in [0.2, 0.25) is 0 Å². The topological polar surface area (TPSA) is 44.7 Å². The fraction of sp³-hybridized carbons (Fsp3) is 0.182. The van der Waals surface area contributed by atoms with Gasteiger partial charge in [-0.05, 0) is 39.9 Å². The molecule has 4 rings (SSSR count). The molecule has 1 N–H and O–H groups in total. The number of carbonyl (C=O) groups excluding carboxylic acids is 1. The fourth-order valence-corrected chi connectivity index (χ4v) is 4.47. The van der Waals surface area contributed by atoms with Crippen LogP contribution in [-0.2, 0) is 5.41 Å². The van der Waals surface area contributed by atoms with E-state index >= 15 is 0 Å². The van der Waals surface area contributed by atoms with Gasteiger partial charge in [0.1, 0.15) is 0 Å². The molecule has 1 aliphatic heterocycles. The number of anilines is 1. The highest BCUT2D eigenvalue weighted by Crippen LogP contribution is 2.49. The highest BCUT2D eigenvalue weighted by atomic mass is 32.1. The first-order valence-corrected chi connectivity index (χ1v) is 9.72. The highest BCUT2D eigenvalue weighted by Gasteiger charge is 2.39. The Morgan fingerprint density at radius 3 is 2.74 bits per heavy atom. The molecule has 1 aromatic heterocycles. The lowest BCUT2D eigenvalue weighted by molar-refractivity contribution is 0.0959. The maximum Gasteiger partial charge on any atom is 0.281 e. The fourth-order valence-electron chi connectivity index (χ4n) is 3.86. The van der Waals surface area contributed by atoms with Crippen molar-refractivity contribution in [2.24, 2.45) is 5.10 Å². The van der Waals surface area contributed by atoms with E-state index in [1.54, 1.807) is 12.3 Å². The first-order chi connectivity index (χ1) is 13.0. The Hall–Kier alpha value is -2.92. The normalized spacial score (nSPS) is 17.0. The second-order valence-electron chi connectivity index (χ2n) is 7.11. The van der Waals surface area contributed by atoms with Crippen LogP contribution in [0.15, 0.2) is 70.8 Å². The van der Waals surface area contributed by atoms with Crippen LogP contribution in [0.3, 0.4) is 0 Å². The van der Waals surface area contributed by atoms with Crippen molar-refractivity contribution < 1.29 is 4.79 Å². The number of hydrazone groups is 1. The SMILES string of the molecule is CN1/C(=C\C=N\NC(=O)c2cccs2)C(C)(C)c2c1ccc1ccccc21. The van der Waals surface area contributed by atoms with Gasteiger partial charge in [0, 0.05) is 30.1 Å². The Balaban J connectivity index is 1.64. The Kier molecular flexibility index (Phi) is 4.32. The summed E-state index contributed by atoms with van der Waals surface area (Å²) in [4.78, 5) is 14.8. The van der Waals surface area contributed by atoms with E-state index < -0.39 is 0 Å². The molecule has 3 aromatic rings. The lowest BCUT2D eigenvalue weighted by atomic mass is 9.81. The third-order valence-corrected chi connectivity index (χ3v) is 5.98. The van der Waals surface area contributed by atoms with Crippen LogP contribution in [0, 0.1) is 0 Å². The summed E-state index contributed by atoms with van der Waals surface area (Å²) in [6.07, 6.45) is 3.64. The average Bonchev–Trinajstić information content (AvgIpc) is 3.26. The summed E-state index contributed by atoms with van der Waals surface area (Å²) in [5.41, 5.74) is 6.10. The molecule has 0 fully saturated rings. The molecule has 0 saturated carbocycles. The molecule has 4 nitrogen and oxygen atoms in total. The smallest absolute Gasteiger partial charge is 0.281 e. The van der Waals surface area contributed by atoms with Crippen LogP contribution in [-0.4, -0.2) is 19.2 Å². The van der Waals surface area contributed by atoms with Crippen LogP contribution in [0.5, 0.6) is 0 Å². The van der Waals surface area contributed by atoms with Crippen molar-refractivity contribution in [3.8, 4) is 0 Å². The molecule has 0 radical (unpaired) electrons. The number of thiophene rings is 1. The quantitative estimate of drug-likeness (QED) is 0.521. The van der Waals surface area contributed by atoms with Gasteiger partial charge in [0.15, 0.2) is 0 Å². The molecule has 2 aromatic carbocycles. The van der Waals surface area contributed by atoms with Crippen molar-refractivity contribution in [1.82, 2.24) is 5.43 Å². The van der Waals surface area contributed by atoms with Crippen molar-refractivity contribution in [2.45, 2.75) is 19.3 Å².